The lowest BCUT2D eigenvalue weighted by molar-refractivity contribution is -0.156. The minimum atomic E-state index is -1.50. The highest BCUT2D eigenvalue weighted by atomic mass is 16.6. The number of aliphatic hydroxyl groups is 2. The molecule has 1 saturated heterocycles. The van der Waals surface area contributed by atoms with Crippen LogP contribution in [0.3, 0.4) is 0 Å². The van der Waals surface area contributed by atoms with E-state index in [1.54, 1.807) is 44.2 Å². The van der Waals surface area contributed by atoms with E-state index >= 15 is 0 Å². The molecule has 0 radical (unpaired) electrons. The minimum Gasteiger partial charge on any atom is -0.457 e. The number of esters is 2. The molecule has 2 N–H and O–H groups in total. The topological polar surface area (TPSA) is 140 Å². The molecule has 39 heavy (non-hydrogen) atoms. The summed E-state index contributed by atoms with van der Waals surface area (Å²) in [6, 6.07) is 0. The summed E-state index contributed by atoms with van der Waals surface area (Å²) in [5.74, 6) is -2.08. The summed E-state index contributed by atoms with van der Waals surface area (Å²) in [6.07, 6.45) is 6.48. The highest BCUT2D eigenvalue weighted by Gasteiger charge is 2.47. The molecule has 0 unspecified atom stereocenters. The number of cyclic esters (lactones) is 1. The van der Waals surface area contributed by atoms with E-state index in [-0.39, 0.29) is 48.5 Å². The van der Waals surface area contributed by atoms with Crippen LogP contribution in [-0.2, 0) is 33.4 Å². The summed E-state index contributed by atoms with van der Waals surface area (Å²) in [4.78, 5) is 48.5. The van der Waals surface area contributed by atoms with Crippen molar-refractivity contribution in [3.8, 4) is 0 Å². The lowest BCUT2D eigenvalue weighted by Crippen LogP contribution is -2.42. The molecule has 218 valence electrons. The number of carbonyl (C=O) groups is 4. The first kappa shape index (κ1) is 32.6. The lowest BCUT2D eigenvalue weighted by Gasteiger charge is -2.31. The Hall–Kier alpha value is -2.62. The molecule has 2 heterocycles. The molecule has 1 fully saturated rings. The van der Waals surface area contributed by atoms with Crippen LogP contribution in [0.1, 0.15) is 80.6 Å². The maximum absolute atomic E-state index is 12.5. The van der Waals surface area contributed by atoms with E-state index < -0.39 is 41.8 Å². The Morgan fingerprint density at radius 3 is 2.56 bits per heavy atom. The molecule has 2 aliphatic rings. The first-order valence-electron chi connectivity index (χ1n) is 13.6. The second-order valence-electron chi connectivity index (χ2n) is 11.3. The summed E-state index contributed by atoms with van der Waals surface area (Å²) in [6.45, 7) is 11.6. The molecule has 0 bridgehead atoms. The van der Waals surface area contributed by atoms with Gasteiger partial charge in [0.1, 0.15) is 35.8 Å². The van der Waals surface area contributed by atoms with Crippen LogP contribution in [0.4, 0.5) is 0 Å². The van der Waals surface area contributed by atoms with E-state index in [0.717, 1.165) is 0 Å². The van der Waals surface area contributed by atoms with Crippen molar-refractivity contribution in [2.24, 2.45) is 11.8 Å². The van der Waals surface area contributed by atoms with Crippen molar-refractivity contribution in [3.63, 3.8) is 0 Å². The van der Waals surface area contributed by atoms with Gasteiger partial charge in [-0.15, -0.1) is 0 Å². The standard InChI is InChI=1S/C30H44O9/c1-8-23(33)20(4)28-24(38-28)17-29(6,35)14-9-10-18(2)27-19(3)11-12-25(37-21(5)31)30(7,36)15-13-22(32)16-26(34)39-27/h9-12,14,19-20,24-25,27-28,35-36H,8,13,15-17H2,1-7H3/b12-11-,14-9+,18-10+/t19-,20+,24+,25-,27+,28-,29+,30-/m0/s1. The van der Waals surface area contributed by atoms with Gasteiger partial charge in [0.05, 0.1) is 17.8 Å². The summed E-state index contributed by atoms with van der Waals surface area (Å²) in [7, 11) is 0. The second-order valence-corrected chi connectivity index (χ2v) is 11.3. The van der Waals surface area contributed by atoms with E-state index in [4.69, 9.17) is 14.2 Å². The number of rotatable bonds is 9. The van der Waals surface area contributed by atoms with Crippen LogP contribution >= 0.6 is 0 Å². The molecule has 0 saturated carbocycles. The van der Waals surface area contributed by atoms with Crippen LogP contribution in [0.5, 0.6) is 0 Å². The molecule has 0 spiro atoms. The Kier molecular flexibility index (Phi) is 11.4. The highest BCUT2D eigenvalue weighted by Crippen LogP contribution is 2.36. The SMILES string of the molecule is CCC(=O)[C@@H](C)[C@@H]1O[C@@H]1C[C@](C)(O)/C=C/C=C(\C)[C@H]1OC(=O)CC(=O)CC[C@](C)(O)[C@@H](OC(C)=O)/C=C\[C@@H]1C. The number of hydrogen-bond donors (Lipinski definition) is 2. The number of ketones is 2. The van der Waals surface area contributed by atoms with Gasteiger partial charge in [0.15, 0.2) is 0 Å². The monoisotopic (exact) mass is 548 g/mol. The third kappa shape index (κ3) is 10.1. The molecule has 0 aromatic heterocycles. The molecule has 2 rings (SSSR count). The van der Waals surface area contributed by atoms with Gasteiger partial charge >= 0.3 is 11.9 Å². The van der Waals surface area contributed by atoms with Gasteiger partial charge in [-0.25, -0.2) is 0 Å². The van der Waals surface area contributed by atoms with Crippen LogP contribution in [0, 0.1) is 11.8 Å². The van der Waals surface area contributed by atoms with E-state index in [0.29, 0.717) is 18.4 Å². The van der Waals surface area contributed by atoms with Crippen LogP contribution in [-0.4, -0.2) is 69.3 Å². The predicted molar refractivity (Wildman–Crippen MR) is 144 cm³/mol. The number of ether oxygens (including phenoxy) is 3. The third-order valence-corrected chi connectivity index (χ3v) is 7.33. The van der Waals surface area contributed by atoms with Gasteiger partial charge in [-0.05, 0) is 38.8 Å². The number of allylic oxidation sites excluding steroid dienone is 2. The third-order valence-electron chi connectivity index (χ3n) is 7.33. The van der Waals surface area contributed by atoms with Crippen molar-refractivity contribution in [2.45, 2.75) is 116 Å². The average molecular weight is 549 g/mol. The van der Waals surface area contributed by atoms with Crippen molar-refractivity contribution in [2.75, 3.05) is 0 Å². The second kappa shape index (κ2) is 13.6. The van der Waals surface area contributed by atoms with Crippen LogP contribution in [0.2, 0.25) is 0 Å². The van der Waals surface area contributed by atoms with Crippen molar-refractivity contribution < 1.29 is 43.6 Å². The molecule has 0 amide bonds. The molecule has 0 aliphatic carbocycles. The summed E-state index contributed by atoms with van der Waals surface area (Å²) in [5, 5.41) is 21.7. The van der Waals surface area contributed by atoms with Gasteiger partial charge in [-0.3, -0.25) is 19.2 Å². The molecular formula is C30H44O9. The molecule has 9 nitrogen and oxygen atoms in total. The van der Waals surface area contributed by atoms with E-state index in [1.807, 2.05) is 20.8 Å². The first-order chi connectivity index (χ1) is 18.1. The highest BCUT2D eigenvalue weighted by molar-refractivity contribution is 5.95. The van der Waals surface area contributed by atoms with Gasteiger partial charge in [0, 0.05) is 38.0 Å². The summed E-state index contributed by atoms with van der Waals surface area (Å²) >= 11 is 0. The smallest absolute Gasteiger partial charge is 0.313 e. The Balaban J connectivity index is 2.19. The van der Waals surface area contributed by atoms with Crippen molar-refractivity contribution >= 4 is 23.5 Å². The van der Waals surface area contributed by atoms with Crippen LogP contribution in [0.15, 0.2) is 36.0 Å². The zero-order chi connectivity index (χ0) is 29.5. The maximum Gasteiger partial charge on any atom is 0.313 e. The zero-order valence-electron chi connectivity index (χ0n) is 24.1. The van der Waals surface area contributed by atoms with Crippen LogP contribution in [0.25, 0.3) is 0 Å². The number of hydrogen-bond acceptors (Lipinski definition) is 9. The fourth-order valence-electron chi connectivity index (χ4n) is 4.75. The Morgan fingerprint density at radius 2 is 1.95 bits per heavy atom. The van der Waals surface area contributed by atoms with Gasteiger partial charge < -0.3 is 24.4 Å². The van der Waals surface area contributed by atoms with Gasteiger partial charge in [0.2, 0.25) is 0 Å². The van der Waals surface area contributed by atoms with Gasteiger partial charge in [-0.1, -0.05) is 45.1 Å². The van der Waals surface area contributed by atoms with Crippen molar-refractivity contribution in [1.82, 2.24) is 0 Å². The first-order valence-corrected chi connectivity index (χ1v) is 13.6. The van der Waals surface area contributed by atoms with Crippen molar-refractivity contribution in [1.29, 1.82) is 0 Å². The quantitative estimate of drug-likeness (QED) is 0.146. The average Bonchev–Trinajstić information content (AvgIpc) is 3.59. The Labute approximate surface area is 231 Å². The number of carbonyl (C=O) groups excluding carboxylic acids is 4. The Bertz CT molecular complexity index is 1000. The van der Waals surface area contributed by atoms with E-state index in [2.05, 4.69) is 0 Å². The molecule has 2 aliphatic heterocycles. The molecular weight excluding hydrogens is 504 g/mol. The van der Waals surface area contributed by atoms with Gasteiger partial charge in [0.25, 0.3) is 0 Å². The normalized spacial score (nSPS) is 33.8. The summed E-state index contributed by atoms with van der Waals surface area (Å²) in [5.41, 5.74) is -2.02. The van der Waals surface area contributed by atoms with E-state index in [9.17, 15) is 29.4 Å². The molecule has 0 aromatic rings. The van der Waals surface area contributed by atoms with Gasteiger partial charge in [-0.2, -0.15) is 0 Å². The van der Waals surface area contributed by atoms with E-state index in [1.165, 1.54) is 13.8 Å². The number of Topliss-reactive ketones (excluding diaryl/α,β-unsaturated/α-hetero) is 2. The molecule has 9 heteroatoms. The summed E-state index contributed by atoms with van der Waals surface area (Å²) < 4.78 is 16.6. The number of epoxide rings is 1. The van der Waals surface area contributed by atoms with Crippen molar-refractivity contribution in [3.05, 3.63) is 36.0 Å². The predicted octanol–water partition coefficient (Wildman–Crippen LogP) is 3.55. The molecule has 8 atom stereocenters. The fourth-order valence-corrected chi connectivity index (χ4v) is 4.75. The zero-order valence-corrected chi connectivity index (χ0v) is 24.1. The minimum absolute atomic E-state index is 0.0172. The Morgan fingerprint density at radius 1 is 1.28 bits per heavy atom. The largest absolute Gasteiger partial charge is 0.457 e. The maximum atomic E-state index is 12.5. The van der Waals surface area contributed by atoms with Crippen LogP contribution < -0.4 is 0 Å². The fraction of sp³-hybridized carbons (Fsp3) is 0.667. The molecule has 0 aromatic carbocycles. The lowest BCUT2D eigenvalue weighted by atomic mass is 9.89.